The Morgan fingerprint density at radius 2 is 1.69 bits per heavy atom. The molecule has 4 rings (SSSR count). The quantitative estimate of drug-likeness (QED) is 0.634. The van der Waals surface area contributed by atoms with E-state index in [9.17, 15) is 13.2 Å². The van der Waals surface area contributed by atoms with Crippen LogP contribution in [0, 0.1) is 0 Å². The zero-order valence-electron chi connectivity index (χ0n) is 18.4. The van der Waals surface area contributed by atoms with Crippen LogP contribution in [0.15, 0.2) is 47.4 Å². The second kappa shape index (κ2) is 9.50. The smallest absolute Gasteiger partial charge is 0.240 e. The Bertz CT molecular complexity index is 1060. The summed E-state index contributed by atoms with van der Waals surface area (Å²) in [7, 11) is -2.06. The molecule has 1 fully saturated rings. The molecule has 0 unspecified atom stereocenters. The summed E-state index contributed by atoms with van der Waals surface area (Å²) in [5.74, 6) is 1.57. The topological polar surface area (TPSA) is 93.7 Å². The normalized spacial score (nSPS) is 17.2. The van der Waals surface area contributed by atoms with Crippen molar-refractivity contribution in [2.75, 3.05) is 26.8 Å². The number of nitrogens with one attached hydrogen (secondary N) is 2. The average molecular weight is 459 g/mol. The van der Waals surface area contributed by atoms with Crippen molar-refractivity contribution in [3.63, 3.8) is 0 Å². The first-order valence-electron chi connectivity index (χ1n) is 11.1. The highest BCUT2D eigenvalue weighted by Gasteiger charge is 2.36. The molecule has 1 saturated carbocycles. The van der Waals surface area contributed by atoms with Gasteiger partial charge in [0.05, 0.1) is 4.90 Å². The van der Waals surface area contributed by atoms with Gasteiger partial charge in [-0.15, -0.1) is 0 Å². The summed E-state index contributed by atoms with van der Waals surface area (Å²) in [5.41, 5.74) is 2.05. The molecule has 0 spiro atoms. The number of ether oxygens (including phenoxy) is 2. The predicted octanol–water partition coefficient (Wildman–Crippen LogP) is 2.93. The minimum atomic E-state index is -3.45. The molecule has 7 nitrogen and oxygen atoms in total. The number of rotatable bonds is 8. The molecule has 0 atom stereocenters. The molecule has 0 aromatic heterocycles. The summed E-state index contributed by atoms with van der Waals surface area (Å²) < 4.78 is 37.4. The van der Waals surface area contributed by atoms with Gasteiger partial charge in [0, 0.05) is 18.4 Å². The van der Waals surface area contributed by atoms with Crippen LogP contribution in [0.4, 0.5) is 0 Å². The fraction of sp³-hybridized carbons (Fsp3) is 0.458. The molecule has 1 amide bonds. The van der Waals surface area contributed by atoms with E-state index in [1.165, 1.54) is 12.6 Å². The molecule has 0 radical (unpaired) electrons. The largest absolute Gasteiger partial charge is 0.486 e. The Morgan fingerprint density at radius 3 is 2.38 bits per heavy atom. The van der Waals surface area contributed by atoms with Crippen molar-refractivity contribution in [1.29, 1.82) is 0 Å². The Hall–Kier alpha value is -2.58. The molecule has 2 aromatic carbocycles. The first kappa shape index (κ1) is 22.6. The lowest BCUT2D eigenvalue weighted by Crippen LogP contribution is -2.39. The van der Waals surface area contributed by atoms with E-state index in [1.807, 2.05) is 6.07 Å². The summed E-state index contributed by atoms with van der Waals surface area (Å²) in [5, 5.41) is 3.14. The zero-order chi connectivity index (χ0) is 22.6. The fourth-order valence-electron chi connectivity index (χ4n) is 4.56. The van der Waals surface area contributed by atoms with E-state index in [1.54, 1.807) is 24.3 Å². The molecule has 1 aliphatic carbocycles. The number of amides is 1. The lowest BCUT2D eigenvalue weighted by Gasteiger charge is -2.31. The molecule has 0 saturated heterocycles. The van der Waals surface area contributed by atoms with Crippen LogP contribution in [0.25, 0.3) is 0 Å². The van der Waals surface area contributed by atoms with Crippen molar-refractivity contribution < 1.29 is 22.7 Å². The molecule has 1 aliphatic heterocycles. The van der Waals surface area contributed by atoms with Gasteiger partial charge in [-0.1, -0.05) is 31.0 Å². The van der Waals surface area contributed by atoms with Gasteiger partial charge in [-0.2, -0.15) is 0 Å². The van der Waals surface area contributed by atoms with Gasteiger partial charge in [0.15, 0.2) is 11.5 Å². The molecule has 172 valence electrons. The maximum atomic E-state index is 12.6. The lowest BCUT2D eigenvalue weighted by atomic mass is 9.78. The van der Waals surface area contributed by atoms with E-state index in [2.05, 4.69) is 22.2 Å². The molecule has 2 aromatic rings. The van der Waals surface area contributed by atoms with Crippen LogP contribution in [-0.2, 0) is 26.7 Å². The third-order valence-corrected chi connectivity index (χ3v) is 7.91. The highest BCUT2D eigenvalue weighted by molar-refractivity contribution is 7.89. The van der Waals surface area contributed by atoms with Gasteiger partial charge in [0.2, 0.25) is 15.9 Å². The van der Waals surface area contributed by atoms with Gasteiger partial charge in [-0.3, -0.25) is 4.79 Å². The van der Waals surface area contributed by atoms with Crippen LogP contribution in [0.1, 0.15) is 43.2 Å². The summed E-state index contributed by atoms with van der Waals surface area (Å²) in [6.45, 7) is 1.73. The molecule has 0 bridgehead atoms. The van der Waals surface area contributed by atoms with Crippen molar-refractivity contribution in [3.05, 3.63) is 53.6 Å². The van der Waals surface area contributed by atoms with Gasteiger partial charge >= 0.3 is 0 Å². The summed E-state index contributed by atoms with van der Waals surface area (Å²) in [4.78, 5) is 12.8. The third kappa shape index (κ3) is 4.91. The van der Waals surface area contributed by atoms with Crippen molar-refractivity contribution in [1.82, 2.24) is 10.0 Å². The van der Waals surface area contributed by atoms with E-state index in [-0.39, 0.29) is 16.2 Å². The first-order valence-corrected chi connectivity index (χ1v) is 12.6. The molecule has 2 aliphatic rings. The number of carbonyl (C=O) groups excluding carboxylic acids is 1. The SMILES string of the molecule is CNS(=O)(=O)c1ccc(CCC(=O)NCC2(c3ccc4c(c3)OCCO4)CCCC2)cc1. The number of hydrogen-bond donors (Lipinski definition) is 2. The second-order valence-corrected chi connectivity index (χ2v) is 10.4. The van der Waals surface area contributed by atoms with Gasteiger partial charge in [0.25, 0.3) is 0 Å². The van der Waals surface area contributed by atoms with Crippen LogP contribution < -0.4 is 19.5 Å². The fourth-order valence-corrected chi connectivity index (χ4v) is 5.29. The predicted molar refractivity (Wildman–Crippen MR) is 122 cm³/mol. The molecule has 1 heterocycles. The van der Waals surface area contributed by atoms with Crippen LogP contribution in [0.5, 0.6) is 11.5 Å². The number of hydrogen-bond acceptors (Lipinski definition) is 5. The van der Waals surface area contributed by atoms with Crippen molar-refractivity contribution >= 4 is 15.9 Å². The third-order valence-electron chi connectivity index (χ3n) is 6.48. The van der Waals surface area contributed by atoms with Crippen LogP contribution >= 0.6 is 0 Å². The van der Waals surface area contributed by atoms with Gasteiger partial charge < -0.3 is 14.8 Å². The van der Waals surface area contributed by atoms with E-state index in [4.69, 9.17) is 9.47 Å². The molecule has 32 heavy (non-hydrogen) atoms. The van der Waals surface area contributed by atoms with Crippen molar-refractivity contribution in [2.24, 2.45) is 0 Å². The Labute approximate surface area is 189 Å². The van der Waals surface area contributed by atoms with Gasteiger partial charge in [-0.05, 0) is 61.7 Å². The van der Waals surface area contributed by atoms with Gasteiger partial charge in [0.1, 0.15) is 13.2 Å². The Kier molecular flexibility index (Phi) is 6.71. The highest BCUT2D eigenvalue weighted by atomic mass is 32.2. The highest BCUT2D eigenvalue weighted by Crippen LogP contribution is 2.43. The monoisotopic (exact) mass is 458 g/mol. The van der Waals surface area contributed by atoms with Crippen molar-refractivity contribution in [2.45, 2.75) is 48.8 Å². The number of carbonyl (C=O) groups is 1. The summed E-state index contributed by atoms with van der Waals surface area (Å²) >= 11 is 0. The number of aryl methyl sites for hydroxylation is 1. The maximum Gasteiger partial charge on any atom is 0.240 e. The first-order chi connectivity index (χ1) is 15.4. The van der Waals surface area contributed by atoms with Gasteiger partial charge in [-0.25, -0.2) is 13.1 Å². The van der Waals surface area contributed by atoms with Crippen molar-refractivity contribution in [3.8, 4) is 11.5 Å². The number of benzene rings is 2. The minimum absolute atomic E-state index is 0.000686. The van der Waals surface area contributed by atoms with E-state index < -0.39 is 10.0 Å². The Morgan fingerprint density at radius 1 is 1.00 bits per heavy atom. The van der Waals surface area contributed by atoms with E-state index >= 15 is 0 Å². The van der Waals surface area contributed by atoms with Crippen LogP contribution in [0.3, 0.4) is 0 Å². The standard InChI is InChI=1S/C24H30N2O5S/c1-25-32(28,29)20-8-4-18(5-9-20)6-11-23(27)26-17-24(12-2-3-13-24)19-7-10-21-22(16-19)31-15-14-30-21/h4-5,7-10,16,25H,2-3,6,11-15,17H2,1H3,(H,26,27). The molecule has 8 heteroatoms. The summed E-state index contributed by atoms with van der Waals surface area (Å²) in [6.07, 6.45) is 5.28. The lowest BCUT2D eigenvalue weighted by molar-refractivity contribution is -0.121. The average Bonchev–Trinajstić information content (AvgIpc) is 3.31. The van der Waals surface area contributed by atoms with Crippen LogP contribution in [-0.4, -0.2) is 41.1 Å². The zero-order valence-corrected chi connectivity index (χ0v) is 19.2. The second-order valence-electron chi connectivity index (χ2n) is 8.47. The molecular weight excluding hydrogens is 428 g/mol. The molecular formula is C24H30N2O5S. The minimum Gasteiger partial charge on any atom is -0.486 e. The molecule has 2 N–H and O–H groups in total. The van der Waals surface area contributed by atoms with Crippen LogP contribution in [0.2, 0.25) is 0 Å². The number of fused-ring (bicyclic) bond motifs is 1. The number of sulfonamides is 1. The Balaban J connectivity index is 1.36. The maximum absolute atomic E-state index is 12.6. The van der Waals surface area contributed by atoms with E-state index in [0.717, 1.165) is 42.7 Å². The van der Waals surface area contributed by atoms with E-state index in [0.29, 0.717) is 32.6 Å². The summed E-state index contributed by atoms with van der Waals surface area (Å²) in [6, 6.07) is 12.8.